The Morgan fingerprint density at radius 2 is 2.13 bits per heavy atom. The van der Waals surface area contributed by atoms with Crippen LogP contribution in [0.5, 0.6) is 0 Å². The van der Waals surface area contributed by atoms with E-state index in [2.05, 4.69) is 0 Å². The van der Waals surface area contributed by atoms with Gasteiger partial charge in [0.1, 0.15) is 0 Å². The number of rotatable bonds is 2. The van der Waals surface area contributed by atoms with Crippen LogP contribution in [-0.4, -0.2) is 11.8 Å². The van der Waals surface area contributed by atoms with Gasteiger partial charge >= 0.3 is 0 Å². The summed E-state index contributed by atoms with van der Waals surface area (Å²) in [5, 5.41) is 10.2. The summed E-state index contributed by atoms with van der Waals surface area (Å²) in [6, 6.07) is 5.33. The minimum absolute atomic E-state index is 0.167. The minimum atomic E-state index is -1.22. The third-order valence-corrected chi connectivity index (χ3v) is 2.46. The number of carboxylic acids is 1. The summed E-state index contributed by atoms with van der Waals surface area (Å²) in [4.78, 5) is 21.5. The number of carboxylic acid groups (broad SMARTS) is 1. The molecule has 0 unspecified atom stereocenters. The Bertz CT molecular complexity index is 458. The molecule has 0 heterocycles. The smallest absolute Gasteiger partial charge is 0.163 e. The molecule has 0 atom stereocenters. The van der Waals surface area contributed by atoms with E-state index in [1.807, 2.05) is 6.07 Å². The van der Waals surface area contributed by atoms with Crippen LogP contribution in [0.15, 0.2) is 24.3 Å². The number of benzene rings is 1. The van der Waals surface area contributed by atoms with E-state index < -0.39 is 5.97 Å². The second-order valence-electron chi connectivity index (χ2n) is 3.49. The molecule has 0 aromatic heterocycles. The zero-order valence-electron chi connectivity index (χ0n) is 8.03. The maximum Gasteiger partial charge on any atom is 0.163 e. The normalized spacial score (nSPS) is 14.5. The maximum atomic E-state index is 11.3. The molecule has 15 heavy (non-hydrogen) atoms. The van der Waals surface area contributed by atoms with Crippen LogP contribution < -0.4 is 5.11 Å². The molecule has 0 spiro atoms. The third kappa shape index (κ3) is 1.96. The molecule has 1 aromatic carbocycles. The second-order valence-corrected chi connectivity index (χ2v) is 3.49. The Kier molecular flexibility index (Phi) is 2.37. The molecule has 0 saturated heterocycles. The van der Waals surface area contributed by atoms with Crippen molar-refractivity contribution in [2.24, 2.45) is 0 Å². The third-order valence-electron chi connectivity index (χ3n) is 2.46. The molecule has 0 radical (unpaired) electrons. The van der Waals surface area contributed by atoms with Gasteiger partial charge in [0, 0.05) is 12.0 Å². The lowest BCUT2D eigenvalue weighted by molar-refractivity contribution is -0.297. The number of fused-ring (bicyclic) bond motifs is 1. The van der Waals surface area contributed by atoms with Crippen molar-refractivity contribution in [2.75, 3.05) is 0 Å². The van der Waals surface area contributed by atoms with Crippen molar-refractivity contribution in [1.29, 1.82) is 0 Å². The molecule has 76 valence electrons. The monoisotopic (exact) mass is 201 g/mol. The van der Waals surface area contributed by atoms with E-state index >= 15 is 0 Å². The molecule has 3 nitrogen and oxygen atoms in total. The average Bonchev–Trinajstić information content (AvgIpc) is 2.57. The van der Waals surface area contributed by atoms with Crippen molar-refractivity contribution >= 4 is 17.8 Å². The Morgan fingerprint density at radius 3 is 2.87 bits per heavy atom. The van der Waals surface area contributed by atoms with Gasteiger partial charge in [0.2, 0.25) is 0 Å². The van der Waals surface area contributed by atoms with Crippen molar-refractivity contribution in [2.45, 2.75) is 12.8 Å². The van der Waals surface area contributed by atoms with E-state index in [-0.39, 0.29) is 5.78 Å². The molecule has 0 bridgehead atoms. The van der Waals surface area contributed by atoms with Crippen LogP contribution in [0.1, 0.15) is 27.9 Å². The Balaban J connectivity index is 2.31. The quantitative estimate of drug-likeness (QED) is 0.657. The number of carbonyl (C=O) groups excluding carboxylic acids is 2. The first-order valence-electron chi connectivity index (χ1n) is 4.72. The van der Waals surface area contributed by atoms with Crippen LogP contribution >= 0.6 is 0 Å². The lowest BCUT2D eigenvalue weighted by Crippen LogP contribution is -2.18. The molecule has 1 aliphatic carbocycles. The largest absolute Gasteiger partial charge is 0.545 e. The lowest BCUT2D eigenvalue weighted by Gasteiger charge is -1.99. The summed E-state index contributed by atoms with van der Waals surface area (Å²) < 4.78 is 0. The van der Waals surface area contributed by atoms with Gasteiger partial charge in [-0.1, -0.05) is 24.3 Å². The van der Waals surface area contributed by atoms with Crippen molar-refractivity contribution in [3.05, 3.63) is 41.0 Å². The number of hydrogen-bond acceptors (Lipinski definition) is 3. The van der Waals surface area contributed by atoms with Crippen LogP contribution in [-0.2, 0) is 11.2 Å². The maximum absolute atomic E-state index is 11.3. The van der Waals surface area contributed by atoms with E-state index in [9.17, 15) is 14.7 Å². The molecule has 3 heteroatoms. The van der Waals surface area contributed by atoms with Gasteiger partial charge in [-0.3, -0.25) is 4.79 Å². The van der Waals surface area contributed by atoms with Gasteiger partial charge in [0.25, 0.3) is 0 Å². The molecule has 1 aliphatic rings. The highest BCUT2D eigenvalue weighted by Gasteiger charge is 2.18. The zero-order chi connectivity index (χ0) is 10.8. The van der Waals surface area contributed by atoms with Gasteiger partial charge in [0.05, 0.1) is 5.97 Å². The van der Waals surface area contributed by atoms with Gasteiger partial charge in [-0.2, -0.15) is 0 Å². The van der Waals surface area contributed by atoms with E-state index in [0.29, 0.717) is 6.42 Å². The summed E-state index contributed by atoms with van der Waals surface area (Å²) in [7, 11) is 0. The van der Waals surface area contributed by atoms with Crippen LogP contribution in [0.4, 0.5) is 0 Å². The zero-order valence-corrected chi connectivity index (χ0v) is 8.03. The second kappa shape index (κ2) is 3.69. The SMILES string of the molecule is O=C([O-])/C=C/c1ccc2c(c1)CCC2=O. The van der Waals surface area contributed by atoms with Crippen molar-refractivity contribution < 1.29 is 14.7 Å². The molecular weight excluding hydrogens is 192 g/mol. The van der Waals surface area contributed by atoms with Gasteiger partial charge in [0.15, 0.2) is 5.78 Å². The first-order valence-corrected chi connectivity index (χ1v) is 4.72. The molecule has 0 saturated carbocycles. The van der Waals surface area contributed by atoms with E-state index in [1.165, 1.54) is 6.08 Å². The topological polar surface area (TPSA) is 57.2 Å². The first-order chi connectivity index (χ1) is 7.16. The average molecular weight is 201 g/mol. The number of aliphatic carboxylic acids is 1. The number of Topliss-reactive ketones (excluding diaryl/α,β-unsaturated/α-hetero) is 1. The van der Waals surface area contributed by atoms with Crippen LogP contribution in [0.3, 0.4) is 0 Å². The Hall–Kier alpha value is -1.90. The van der Waals surface area contributed by atoms with E-state index in [1.54, 1.807) is 12.1 Å². The molecule has 1 aromatic rings. The Labute approximate surface area is 87.0 Å². The fourth-order valence-corrected chi connectivity index (χ4v) is 1.74. The van der Waals surface area contributed by atoms with Gasteiger partial charge in [-0.05, 0) is 23.6 Å². The van der Waals surface area contributed by atoms with E-state index in [4.69, 9.17) is 0 Å². The summed E-state index contributed by atoms with van der Waals surface area (Å²) in [5.41, 5.74) is 2.55. The molecule has 0 N–H and O–H groups in total. The van der Waals surface area contributed by atoms with Crippen molar-refractivity contribution in [1.82, 2.24) is 0 Å². The standard InChI is InChI=1S/C12H10O3/c13-11-5-3-9-7-8(1-4-10(9)11)2-6-12(14)15/h1-2,4,6-7H,3,5H2,(H,14,15)/p-1/b6-2+. The van der Waals surface area contributed by atoms with Gasteiger partial charge in [-0.25, -0.2) is 0 Å². The fourth-order valence-electron chi connectivity index (χ4n) is 1.74. The van der Waals surface area contributed by atoms with Gasteiger partial charge in [-0.15, -0.1) is 0 Å². The number of aryl methyl sites for hydroxylation is 1. The van der Waals surface area contributed by atoms with Gasteiger partial charge < -0.3 is 9.90 Å². The number of carbonyl (C=O) groups is 2. The number of hydrogen-bond donors (Lipinski definition) is 0. The van der Waals surface area contributed by atoms with Crippen molar-refractivity contribution in [3.8, 4) is 0 Å². The van der Waals surface area contributed by atoms with Crippen LogP contribution in [0.25, 0.3) is 6.08 Å². The molecule has 0 aliphatic heterocycles. The molecule has 0 amide bonds. The predicted molar refractivity (Wildman–Crippen MR) is 53.1 cm³/mol. The summed E-state index contributed by atoms with van der Waals surface area (Å²) in [6.45, 7) is 0. The molecular formula is C12H9O3-. The predicted octanol–water partition coefficient (Wildman–Crippen LogP) is 0.579. The minimum Gasteiger partial charge on any atom is -0.545 e. The highest BCUT2D eigenvalue weighted by molar-refractivity contribution is 6.00. The molecule has 0 fully saturated rings. The molecule has 2 rings (SSSR count). The summed E-state index contributed by atoms with van der Waals surface area (Å²) >= 11 is 0. The lowest BCUT2D eigenvalue weighted by atomic mass is 10.1. The summed E-state index contributed by atoms with van der Waals surface area (Å²) in [5.74, 6) is -1.05. The fraction of sp³-hybridized carbons (Fsp3) is 0.167. The van der Waals surface area contributed by atoms with Crippen molar-refractivity contribution in [3.63, 3.8) is 0 Å². The summed E-state index contributed by atoms with van der Waals surface area (Å²) in [6.07, 6.45) is 3.76. The van der Waals surface area contributed by atoms with E-state index in [0.717, 1.165) is 29.2 Å². The Morgan fingerprint density at radius 1 is 1.33 bits per heavy atom. The number of ketones is 1. The highest BCUT2D eigenvalue weighted by atomic mass is 16.4. The highest BCUT2D eigenvalue weighted by Crippen LogP contribution is 2.23. The first kappa shape index (κ1) is 9.65. The van der Waals surface area contributed by atoms with Crippen LogP contribution in [0.2, 0.25) is 0 Å². The van der Waals surface area contributed by atoms with Crippen LogP contribution in [0, 0.1) is 0 Å².